The molecule has 0 bridgehead atoms. The molecule has 88 valence electrons. The zero-order valence-electron chi connectivity index (χ0n) is 8.81. The molecule has 0 aliphatic rings. The summed E-state index contributed by atoms with van der Waals surface area (Å²) in [6.07, 6.45) is 1.27. The molecular formula is C11H10FN3O2. The Morgan fingerprint density at radius 1 is 1.53 bits per heavy atom. The zero-order valence-corrected chi connectivity index (χ0v) is 8.81. The van der Waals surface area contributed by atoms with Crippen molar-refractivity contribution in [1.29, 1.82) is 0 Å². The van der Waals surface area contributed by atoms with Gasteiger partial charge < -0.3 is 15.5 Å². The molecule has 3 N–H and O–H groups in total. The van der Waals surface area contributed by atoms with Crippen molar-refractivity contribution >= 4 is 11.6 Å². The smallest absolute Gasteiger partial charge is 0.293 e. The van der Waals surface area contributed by atoms with E-state index in [-0.39, 0.29) is 18.2 Å². The molecule has 0 aliphatic carbocycles. The van der Waals surface area contributed by atoms with Gasteiger partial charge in [-0.15, -0.1) is 0 Å². The number of rotatable bonds is 3. The number of oxazole rings is 1. The van der Waals surface area contributed by atoms with Crippen molar-refractivity contribution in [3.05, 3.63) is 47.9 Å². The van der Waals surface area contributed by atoms with E-state index in [2.05, 4.69) is 10.3 Å². The number of hydrogen-bond donors (Lipinski definition) is 2. The van der Waals surface area contributed by atoms with Gasteiger partial charge in [-0.1, -0.05) is 6.07 Å². The largest absolute Gasteiger partial charge is 0.434 e. The lowest BCUT2D eigenvalue weighted by atomic mass is 10.3. The van der Waals surface area contributed by atoms with Gasteiger partial charge in [-0.2, -0.15) is 0 Å². The number of nitrogens with one attached hydrogen (secondary N) is 1. The van der Waals surface area contributed by atoms with Crippen LogP contribution in [0.1, 0.15) is 16.4 Å². The number of nitrogens with zero attached hydrogens (tertiary/aromatic N) is 1. The molecule has 2 rings (SSSR count). The van der Waals surface area contributed by atoms with Crippen LogP contribution in [0.3, 0.4) is 0 Å². The van der Waals surface area contributed by atoms with Gasteiger partial charge in [0.15, 0.2) is 0 Å². The number of benzene rings is 1. The van der Waals surface area contributed by atoms with Crippen molar-refractivity contribution in [3.8, 4) is 0 Å². The fourth-order valence-electron chi connectivity index (χ4n) is 1.27. The lowest BCUT2D eigenvalue weighted by Gasteiger charge is -2.02. The summed E-state index contributed by atoms with van der Waals surface area (Å²) in [6.45, 7) is 0.118. The highest BCUT2D eigenvalue weighted by Crippen LogP contribution is 2.11. The van der Waals surface area contributed by atoms with E-state index in [1.165, 1.54) is 24.4 Å². The summed E-state index contributed by atoms with van der Waals surface area (Å²) < 4.78 is 17.9. The van der Waals surface area contributed by atoms with Crippen LogP contribution >= 0.6 is 0 Å². The number of halogens is 1. The topological polar surface area (TPSA) is 81.1 Å². The molecule has 2 aromatic rings. The van der Waals surface area contributed by atoms with Crippen LogP contribution in [0.2, 0.25) is 0 Å². The first-order valence-electron chi connectivity index (χ1n) is 4.91. The Bertz CT molecular complexity index is 539. The van der Waals surface area contributed by atoms with E-state index in [0.717, 1.165) is 0 Å². The van der Waals surface area contributed by atoms with Gasteiger partial charge in [0.1, 0.15) is 5.82 Å². The Morgan fingerprint density at radius 3 is 3.00 bits per heavy atom. The molecule has 0 radical (unpaired) electrons. The maximum Gasteiger partial charge on any atom is 0.293 e. The van der Waals surface area contributed by atoms with E-state index >= 15 is 0 Å². The van der Waals surface area contributed by atoms with Crippen molar-refractivity contribution in [2.45, 2.75) is 6.54 Å². The molecule has 0 unspecified atom stereocenters. The van der Waals surface area contributed by atoms with Crippen molar-refractivity contribution in [2.75, 3.05) is 5.32 Å². The SMILES string of the molecule is NCc1ncc(C(=O)Nc2cccc(F)c2)o1. The molecule has 1 aromatic carbocycles. The van der Waals surface area contributed by atoms with Crippen molar-refractivity contribution < 1.29 is 13.6 Å². The predicted octanol–water partition coefficient (Wildman–Crippen LogP) is 1.52. The van der Waals surface area contributed by atoms with Gasteiger partial charge in [0.2, 0.25) is 11.7 Å². The minimum absolute atomic E-state index is 0.0368. The van der Waals surface area contributed by atoms with Crippen LogP contribution in [-0.4, -0.2) is 10.9 Å². The third kappa shape index (κ3) is 2.67. The molecule has 1 aromatic heterocycles. The van der Waals surface area contributed by atoms with Crippen molar-refractivity contribution in [2.24, 2.45) is 5.73 Å². The number of aromatic nitrogens is 1. The maximum atomic E-state index is 12.9. The Balaban J connectivity index is 2.11. The van der Waals surface area contributed by atoms with Crippen LogP contribution in [0.25, 0.3) is 0 Å². The molecule has 0 saturated carbocycles. The molecule has 0 spiro atoms. The minimum Gasteiger partial charge on any atom is -0.434 e. The first-order chi connectivity index (χ1) is 8.19. The third-order valence-corrected chi connectivity index (χ3v) is 2.03. The molecular weight excluding hydrogens is 225 g/mol. The average molecular weight is 235 g/mol. The highest BCUT2D eigenvalue weighted by atomic mass is 19.1. The summed E-state index contributed by atoms with van der Waals surface area (Å²) in [5.41, 5.74) is 5.65. The summed E-state index contributed by atoms with van der Waals surface area (Å²) in [5.74, 6) is -0.616. The van der Waals surface area contributed by atoms with Crippen LogP contribution in [0.15, 0.2) is 34.9 Å². The first kappa shape index (κ1) is 11.3. The fraction of sp³-hybridized carbons (Fsp3) is 0.0909. The number of carbonyl (C=O) groups excluding carboxylic acids is 1. The van der Waals surface area contributed by atoms with Gasteiger partial charge in [0, 0.05) is 5.69 Å². The van der Waals surface area contributed by atoms with Crippen LogP contribution < -0.4 is 11.1 Å². The highest BCUT2D eigenvalue weighted by Gasteiger charge is 2.12. The van der Waals surface area contributed by atoms with Crippen LogP contribution in [0.5, 0.6) is 0 Å². The minimum atomic E-state index is -0.497. The summed E-state index contributed by atoms with van der Waals surface area (Å²) in [5, 5.41) is 2.48. The normalized spacial score (nSPS) is 10.2. The molecule has 5 nitrogen and oxygen atoms in total. The molecule has 6 heteroatoms. The van der Waals surface area contributed by atoms with E-state index in [1.807, 2.05) is 0 Å². The van der Waals surface area contributed by atoms with E-state index in [4.69, 9.17) is 10.2 Å². The monoisotopic (exact) mass is 235 g/mol. The second-order valence-electron chi connectivity index (χ2n) is 3.29. The maximum absolute atomic E-state index is 12.9. The summed E-state index contributed by atoms with van der Waals surface area (Å²) in [7, 11) is 0. The Kier molecular flexibility index (Phi) is 3.15. The van der Waals surface area contributed by atoms with Gasteiger partial charge in [-0.25, -0.2) is 9.37 Å². The lowest BCUT2D eigenvalue weighted by molar-refractivity contribution is 0.0995. The number of amides is 1. The van der Waals surface area contributed by atoms with Crippen LogP contribution in [0.4, 0.5) is 10.1 Å². The van der Waals surface area contributed by atoms with E-state index in [1.54, 1.807) is 6.07 Å². The Morgan fingerprint density at radius 2 is 2.35 bits per heavy atom. The van der Waals surface area contributed by atoms with Gasteiger partial charge in [-0.05, 0) is 18.2 Å². The van der Waals surface area contributed by atoms with Gasteiger partial charge in [0.25, 0.3) is 5.91 Å². The average Bonchev–Trinajstić information content (AvgIpc) is 2.77. The molecule has 0 saturated heterocycles. The molecule has 0 aliphatic heterocycles. The summed E-state index contributed by atoms with van der Waals surface area (Å²) in [6, 6.07) is 5.56. The number of hydrogen-bond acceptors (Lipinski definition) is 4. The third-order valence-electron chi connectivity index (χ3n) is 2.03. The van der Waals surface area contributed by atoms with E-state index in [9.17, 15) is 9.18 Å². The summed E-state index contributed by atoms with van der Waals surface area (Å²) >= 11 is 0. The first-order valence-corrected chi connectivity index (χ1v) is 4.91. The standard InChI is InChI=1S/C11H10FN3O2/c12-7-2-1-3-8(4-7)15-11(16)9-6-14-10(5-13)17-9/h1-4,6H,5,13H2,(H,15,16). The number of anilines is 1. The Hall–Kier alpha value is -2.21. The fourth-order valence-corrected chi connectivity index (χ4v) is 1.27. The molecule has 0 atom stereocenters. The molecule has 1 amide bonds. The van der Waals surface area contributed by atoms with Crippen molar-refractivity contribution in [1.82, 2.24) is 4.98 Å². The van der Waals surface area contributed by atoms with Gasteiger partial charge >= 0.3 is 0 Å². The molecule has 1 heterocycles. The number of carbonyl (C=O) groups is 1. The van der Waals surface area contributed by atoms with Gasteiger partial charge in [0.05, 0.1) is 12.7 Å². The molecule has 0 fully saturated rings. The zero-order chi connectivity index (χ0) is 12.3. The van der Waals surface area contributed by atoms with Crippen molar-refractivity contribution in [3.63, 3.8) is 0 Å². The second kappa shape index (κ2) is 4.75. The highest BCUT2D eigenvalue weighted by molar-refractivity contribution is 6.01. The second-order valence-corrected chi connectivity index (χ2v) is 3.29. The number of nitrogens with two attached hydrogens (primary N) is 1. The van der Waals surface area contributed by atoms with E-state index in [0.29, 0.717) is 5.69 Å². The van der Waals surface area contributed by atoms with Crippen LogP contribution in [-0.2, 0) is 6.54 Å². The molecule has 17 heavy (non-hydrogen) atoms. The Labute approximate surface area is 96.4 Å². The van der Waals surface area contributed by atoms with Gasteiger partial charge in [-0.3, -0.25) is 4.79 Å². The quantitative estimate of drug-likeness (QED) is 0.845. The predicted molar refractivity (Wildman–Crippen MR) is 58.7 cm³/mol. The lowest BCUT2D eigenvalue weighted by Crippen LogP contribution is -2.11. The summed E-state index contributed by atoms with van der Waals surface area (Å²) in [4.78, 5) is 15.4. The van der Waals surface area contributed by atoms with Crippen LogP contribution in [0, 0.1) is 5.82 Å². The van der Waals surface area contributed by atoms with E-state index < -0.39 is 11.7 Å².